The molecule has 0 spiro atoms. The van der Waals surface area contributed by atoms with Crippen LogP contribution in [0.2, 0.25) is 10.0 Å². The van der Waals surface area contributed by atoms with E-state index < -0.39 is 0 Å². The van der Waals surface area contributed by atoms with Gasteiger partial charge in [0.15, 0.2) is 5.09 Å². The van der Waals surface area contributed by atoms with Crippen molar-refractivity contribution in [1.82, 2.24) is 0 Å². The fraction of sp³-hybridized carbons (Fsp3) is 0.0556. The highest BCUT2D eigenvalue weighted by atomic mass is 79.9. The van der Waals surface area contributed by atoms with Gasteiger partial charge in [0.2, 0.25) is 0 Å². The Balaban J connectivity index is 1.76. The van der Waals surface area contributed by atoms with Crippen LogP contribution in [0.15, 0.2) is 72.4 Å². The van der Waals surface area contributed by atoms with E-state index in [1.807, 2.05) is 55.5 Å². The first-order valence-corrected chi connectivity index (χ1v) is 9.41. The lowest BCUT2D eigenvalue weighted by Crippen LogP contribution is -1.76. The average Bonchev–Trinajstić information content (AvgIpc) is 2.91. The van der Waals surface area contributed by atoms with E-state index in [4.69, 9.17) is 27.6 Å². The van der Waals surface area contributed by atoms with E-state index in [1.165, 1.54) is 11.8 Å². The standard InChI is InChI=1S/C18H12BrCl2NOS/c1-11-2-5-13(8-17(11)21)22-10-14-9-16(19)18(23-14)24-15-6-3-12(20)4-7-15/h2-10H,1H3. The first-order valence-electron chi connectivity index (χ1n) is 7.04. The van der Waals surface area contributed by atoms with Crippen molar-refractivity contribution in [3.8, 4) is 0 Å². The predicted molar refractivity (Wildman–Crippen MR) is 105 cm³/mol. The van der Waals surface area contributed by atoms with Gasteiger partial charge in [-0.1, -0.05) is 41.0 Å². The number of aliphatic imine (C=N–C) groups is 1. The van der Waals surface area contributed by atoms with Crippen LogP contribution in [0.4, 0.5) is 5.69 Å². The Morgan fingerprint density at radius 2 is 1.83 bits per heavy atom. The van der Waals surface area contributed by atoms with Crippen LogP contribution in [0.3, 0.4) is 0 Å². The molecule has 3 rings (SSSR count). The minimum absolute atomic E-state index is 0.662. The molecule has 2 nitrogen and oxygen atoms in total. The zero-order valence-electron chi connectivity index (χ0n) is 12.6. The van der Waals surface area contributed by atoms with Crippen molar-refractivity contribution in [2.75, 3.05) is 0 Å². The van der Waals surface area contributed by atoms with Crippen molar-refractivity contribution in [1.29, 1.82) is 0 Å². The van der Waals surface area contributed by atoms with Crippen LogP contribution >= 0.6 is 50.9 Å². The highest BCUT2D eigenvalue weighted by Gasteiger charge is 2.10. The molecule has 0 radical (unpaired) electrons. The van der Waals surface area contributed by atoms with Crippen LogP contribution in [-0.4, -0.2) is 6.21 Å². The molecule has 3 aromatic rings. The van der Waals surface area contributed by atoms with Crippen molar-refractivity contribution in [2.45, 2.75) is 16.9 Å². The van der Waals surface area contributed by atoms with Crippen LogP contribution in [0.1, 0.15) is 11.3 Å². The van der Waals surface area contributed by atoms with E-state index in [0.717, 1.165) is 25.7 Å². The maximum absolute atomic E-state index is 6.11. The third-order valence-corrected chi connectivity index (χ3v) is 5.70. The third kappa shape index (κ3) is 4.45. The highest BCUT2D eigenvalue weighted by Crippen LogP contribution is 2.36. The number of aryl methyl sites for hydroxylation is 1. The van der Waals surface area contributed by atoms with Crippen LogP contribution < -0.4 is 0 Å². The first kappa shape index (κ1) is 17.6. The van der Waals surface area contributed by atoms with E-state index in [2.05, 4.69) is 20.9 Å². The predicted octanol–water partition coefficient (Wildman–Crippen LogP) is 7.56. The average molecular weight is 441 g/mol. The fourth-order valence-corrected chi connectivity index (χ4v) is 3.54. The monoisotopic (exact) mass is 439 g/mol. The molecule has 0 fully saturated rings. The largest absolute Gasteiger partial charge is 0.447 e. The summed E-state index contributed by atoms with van der Waals surface area (Å²) in [6.45, 7) is 1.96. The Labute approximate surface area is 163 Å². The second-order valence-corrected chi connectivity index (χ2v) is 7.78. The summed E-state index contributed by atoms with van der Waals surface area (Å²) in [5.74, 6) is 0.662. The number of hydrogen-bond acceptors (Lipinski definition) is 3. The molecule has 0 aliphatic heterocycles. The van der Waals surface area contributed by atoms with Gasteiger partial charge in [0.05, 0.1) is 16.4 Å². The summed E-state index contributed by atoms with van der Waals surface area (Å²) in [5.41, 5.74) is 1.81. The number of benzene rings is 2. The fourth-order valence-electron chi connectivity index (χ4n) is 1.91. The Morgan fingerprint density at radius 3 is 2.54 bits per heavy atom. The van der Waals surface area contributed by atoms with Crippen molar-refractivity contribution in [3.05, 3.63) is 74.4 Å². The van der Waals surface area contributed by atoms with E-state index >= 15 is 0 Å². The summed E-state index contributed by atoms with van der Waals surface area (Å²) in [5, 5.41) is 2.17. The molecule has 2 aromatic carbocycles. The van der Waals surface area contributed by atoms with Gasteiger partial charge >= 0.3 is 0 Å². The Bertz CT molecular complexity index is 891. The summed E-state index contributed by atoms with van der Waals surface area (Å²) in [7, 11) is 0. The van der Waals surface area contributed by atoms with Crippen LogP contribution in [-0.2, 0) is 0 Å². The minimum atomic E-state index is 0.662. The molecular formula is C18H12BrCl2NOS. The quantitative estimate of drug-likeness (QED) is 0.391. The third-order valence-electron chi connectivity index (χ3n) is 3.19. The van der Waals surface area contributed by atoms with Crippen molar-refractivity contribution >= 4 is 62.8 Å². The molecule has 0 saturated carbocycles. The number of rotatable bonds is 4. The molecule has 24 heavy (non-hydrogen) atoms. The molecule has 0 aliphatic carbocycles. The van der Waals surface area contributed by atoms with Gasteiger partial charge < -0.3 is 4.42 Å². The molecule has 0 aliphatic rings. The summed E-state index contributed by atoms with van der Waals surface area (Å²) in [4.78, 5) is 5.45. The van der Waals surface area contributed by atoms with Gasteiger partial charge in [-0.15, -0.1) is 0 Å². The molecule has 0 atom stereocenters. The molecular weight excluding hydrogens is 429 g/mol. The van der Waals surface area contributed by atoms with Gasteiger partial charge in [-0.05, 0) is 64.8 Å². The lowest BCUT2D eigenvalue weighted by Gasteiger charge is -1.99. The summed E-state index contributed by atoms with van der Waals surface area (Å²) >= 11 is 17.0. The van der Waals surface area contributed by atoms with Crippen molar-refractivity contribution in [3.63, 3.8) is 0 Å². The molecule has 0 amide bonds. The maximum atomic E-state index is 6.11. The Hall–Kier alpha value is -1.20. The molecule has 0 bridgehead atoms. The topological polar surface area (TPSA) is 25.5 Å². The molecule has 0 saturated heterocycles. The number of hydrogen-bond donors (Lipinski definition) is 0. The lowest BCUT2D eigenvalue weighted by molar-refractivity contribution is 0.466. The SMILES string of the molecule is Cc1ccc(N=Cc2cc(Br)c(Sc3ccc(Cl)cc3)o2)cc1Cl. The van der Waals surface area contributed by atoms with E-state index in [1.54, 1.807) is 6.21 Å². The molecule has 6 heteroatoms. The zero-order chi connectivity index (χ0) is 17.1. The number of nitrogens with zero attached hydrogens (tertiary/aromatic N) is 1. The van der Waals surface area contributed by atoms with Crippen LogP contribution in [0.25, 0.3) is 0 Å². The van der Waals surface area contributed by atoms with Crippen molar-refractivity contribution < 1.29 is 4.42 Å². The lowest BCUT2D eigenvalue weighted by atomic mass is 10.2. The summed E-state index contributed by atoms with van der Waals surface area (Å²) in [6.07, 6.45) is 1.68. The Kier molecular flexibility index (Phi) is 5.72. The minimum Gasteiger partial charge on any atom is -0.447 e. The van der Waals surface area contributed by atoms with E-state index in [0.29, 0.717) is 15.8 Å². The normalized spacial score (nSPS) is 11.3. The summed E-state index contributed by atoms with van der Waals surface area (Å²) in [6, 6.07) is 15.2. The summed E-state index contributed by atoms with van der Waals surface area (Å²) < 4.78 is 6.71. The molecule has 0 unspecified atom stereocenters. The molecule has 1 heterocycles. The van der Waals surface area contributed by atoms with Crippen LogP contribution in [0.5, 0.6) is 0 Å². The van der Waals surface area contributed by atoms with Crippen LogP contribution in [0, 0.1) is 6.92 Å². The smallest absolute Gasteiger partial charge is 0.179 e. The number of furan rings is 1. The maximum Gasteiger partial charge on any atom is 0.179 e. The van der Waals surface area contributed by atoms with E-state index in [-0.39, 0.29) is 0 Å². The van der Waals surface area contributed by atoms with Gasteiger partial charge in [-0.2, -0.15) is 0 Å². The van der Waals surface area contributed by atoms with Gasteiger partial charge in [-0.25, -0.2) is 0 Å². The zero-order valence-corrected chi connectivity index (χ0v) is 16.5. The van der Waals surface area contributed by atoms with Gasteiger partial charge in [0, 0.05) is 21.0 Å². The van der Waals surface area contributed by atoms with Gasteiger partial charge in [0.25, 0.3) is 0 Å². The first-order chi connectivity index (χ1) is 11.5. The molecule has 0 N–H and O–H groups in total. The highest BCUT2D eigenvalue weighted by molar-refractivity contribution is 9.10. The van der Waals surface area contributed by atoms with Gasteiger partial charge in [0.1, 0.15) is 5.76 Å². The number of halogens is 3. The van der Waals surface area contributed by atoms with E-state index in [9.17, 15) is 0 Å². The molecule has 122 valence electrons. The Morgan fingerprint density at radius 1 is 1.08 bits per heavy atom. The van der Waals surface area contributed by atoms with Crippen molar-refractivity contribution in [2.24, 2.45) is 4.99 Å². The second kappa shape index (κ2) is 7.79. The van der Waals surface area contributed by atoms with Gasteiger partial charge in [-0.3, -0.25) is 4.99 Å². The second-order valence-electron chi connectivity index (χ2n) is 5.03. The molecule has 1 aromatic heterocycles.